The summed E-state index contributed by atoms with van der Waals surface area (Å²) in [5.74, 6) is 0.403. The average molecular weight is 385 g/mol. The van der Waals surface area contributed by atoms with Crippen molar-refractivity contribution in [2.24, 2.45) is 0 Å². The van der Waals surface area contributed by atoms with E-state index in [1.807, 2.05) is 35.1 Å². The molecule has 0 spiro atoms. The fourth-order valence-electron chi connectivity index (χ4n) is 3.10. The van der Waals surface area contributed by atoms with Crippen LogP contribution in [-0.4, -0.2) is 51.5 Å². The molecule has 0 bridgehead atoms. The maximum Gasteiger partial charge on any atom is 0.322 e. The van der Waals surface area contributed by atoms with Crippen LogP contribution in [0.3, 0.4) is 0 Å². The number of fused-ring (bicyclic) bond motifs is 1. The molecule has 142 valence electrons. The van der Waals surface area contributed by atoms with E-state index in [0.29, 0.717) is 32.2 Å². The first-order valence-electron chi connectivity index (χ1n) is 9.14. The lowest BCUT2D eigenvalue weighted by Gasteiger charge is -2.32. The van der Waals surface area contributed by atoms with Gasteiger partial charge in [-0.15, -0.1) is 11.3 Å². The van der Waals surface area contributed by atoms with E-state index in [9.17, 15) is 4.79 Å². The topological polar surface area (TPSA) is 72.3 Å². The van der Waals surface area contributed by atoms with E-state index in [1.54, 1.807) is 22.4 Å². The van der Waals surface area contributed by atoms with Crippen LogP contribution in [0.4, 0.5) is 10.5 Å². The van der Waals surface area contributed by atoms with E-state index in [-0.39, 0.29) is 12.1 Å². The number of nitrogens with one attached hydrogen (secondary N) is 1. The van der Waals surface area contributed by atoms with Gasteiger partial charge >= 0.3 is 6.03 Å². The third-order valence-corrected chi connectivity index (χ3v) is 5.84. The highest BCUT2D eigenvalue weighted by molar-refractivity contribution is 7.18. The lowest BCUT2D eigenvalue weighted by Crippen LogP contribution is -2.48. The minimum Gasteiger partial charge on any atom is -0.373 e. The van der Waals surface area contributed by atoms with Gasteiger partial charge in [0.15, 0.2) is 0 Å². The minimum atomic E-state index is -0.100. The molecule has 1 fully saturated rings. The van der Waals surface area contributed by atoms with Gasteiger partial charge in [-0.25, -0.2) is 9.78 Å². The number of urea groups is 1. The first-order valence-corrected chi connectivity index (χ1v) is 9.95. The largest absolute Gasteiger partial charge is 0.373 e. The summed E-state index contributed by atoms with van der Waals surface area (Å²) in [6, 6.07) is 7.65. The van der Waals surface area contributed by atoms with Crippen LogP contribution in [0.15, 0.2) is 36.7 Å². The van der Waals surface area contributed by atoms with Gasteiger partial charge in [0.25, 0.3) is 0 Å². The third kappa shape index (κ3) is 4.12. The van der Waals surface area contributed by atoms with Gasteiger partial charge in [-0.1, -0.05) is 13.8 Å². The molecule has 2 aromatic heterocycles. The highest BCUT2D eigenvalue weighted by atomic mass is 32.1. The van der Waals surface area contributed by atoms with Crippen molar-refractivity contribution in [2.45, 2.75) is 32.4 Å². The number of nitrogens with zero attached hydrogens (tertiary/aromatic N) is 4. The van der Waals surface area contributed by atoms with E-state index < -0.39 is 0 Å². The standard InChI is InChI=1S/C19H23N5O2S/c1-13(2)18-22-16-5-4-14(10-17(16)27-18)21-19(25)23-8-9-26-15(11-23)12-24-7-3-6-20-24/h3-7,10,13,15H,8-9,11-12H2,1-2H3,(H,21,25). The van der Waals surface area contributed by atoms with Gasteiger partial charge < -0.3 is 15.0 Å². The molecular weight excluding hydrogens is 362 g/mol. The predicted octanol–water partition coefficient (Wildman–Crippen LogP) is 3.55. The molecule has 1 unspecified atom stereocenters. The molecule has 1 N–H and O–H groups in total. The molecule has 4 rings (SSSR count). The fourth-order valence-corrected chi connectivity index (χ4v) is 4.11. The fraction of sp³-hybridized carbons (Fsp3) is 0.421. The first-order chi connectivity index (χ1) is 13.1. The van der Waals surface area contributed by atoms with Gasteiger partial charge in [-0.05, 0) is 24.3 Å². The molecule has 7 nitrogen and oxygen atoms in total. The van der Waals surface area contributed by atoms with Crippen LogP contribution in [0.5, 0.6) is 0 Å². The van der Waals surface area contributed by atoms with Crippen molar-refractivity contribution in [3.63, 3.8) is 0 Å². The molecule has 3 aromatic rings. The molecular formula is C19H23N5O2S. The summed E-state index contributed by atoms with van der Waals surface area (Å²) in [7, 11) is 0. The van der Waals surface area contributed by atoms with Gasteiger partial charge in [0.05, 0.1) is 41.0 Å². The van der Waals surface area contributed by atoms with Gasteiger partial charge in [0, 0.05) is 30.5 Å². The number of thiazole rings is 1. The molecule has 27 heavy (non-hydrogen) atoms. The van der Waals surface area contributed by atoms with E-state index >= 15 is 0 Å². The predicted molar refractivity (Wildman–Crippen MR) is 106 cm³/mol. The molecule has 0 radical (unpaired) electrons. The Labute approximate surface area is 162 Å². The Hall–Kier alpha value is -2.45. The summed E-state index contributed by atoms with van der Waals surface area (Å²) in [6.45, 7) is 6.58. The summed E-state index contributed by atoms with van der Waals surface area (Å²) in [5, 5.41) is 8.33. The Morgan fingerprint density at radius 3 is 3.11 bits per heavy atom. The van der Waals surface area contributed by atoms with E-state index in [4.69, 9.17) is 4.74 Å². The number of anilines is 1. The first kappa shape index (κ1) is 17.9. The van der Waals surface area contributed by atoms with Crippen LogP contribution in [0.2, 0.25) is 0 Å². The van der Waals surface area contributed by atoms with Crippen molar-refractivity contribution in [3.05, 3.63) is 41.7 Å². The van der Waals surface area contributed by atoms with Crippen LogP contribution >= 0.6 is 11.3 Å². The van der Waals surface area contributed by atoms with Gasteiger partial charge in [0.2, 0.25) is 0 Å². The highest BCUT2D eigenvalue weighted by Gasteiger charge is 2.25. The zero-order chi connectivity index (χ0) is 18.8. The molecule has 1 atom stereocenters. The second-order valence-corrected chi connectivity index (χ2v) is 8.05. The SMILES string of the molecule is CC(C)c1nc2ccc(NC(=O)N3CCOC(Cn4cccn4)C3)cc2s1. The summed E-state index contributed by atoms with van der Waals surface area (Å²) >= 11 is 1.68. The smallest absolute Gasteiger partial charge is 0.322 e. The van der Waals surface area contributed by atoms with Crippen LogP contribution in [0, 0.1) is 0 Å². The average Bonchev–Trinajstić information content (AvgIpc) is 3.31. The second-order valence-electron chi connectivity index (χ2n) is 6.99. The lowest BCUT2D eigenvalue weighted by atomic mass is 10.2. The molecule has 2 amide bonds. The Balaban J connectivity index is 1.41. The second kappa shape index (κ2) is 7.66. The summed E-state index contributed by atoms with van der Waals surface area (Å²) in [4.78, 5) is 19.1. The number of amides is 2. The van der Waals surface area contributed by atoms with Gasteiger partial charge in [0.1, 0.15) is 0 Å². The van der Waals surface area contributed by atoms with Crippen molar-refractivity contribution in [2.75, 3.05) is 25.0 Å². The molecule has 0 aliphatic carbocycles. The number of rotatable bonds is 4. The van der Waals surface area contributed by atoms with Gasteiger partial charge in [-0.3, -0.25) is 4.68 Å². The number of carbonyl (C=O) groups is 1. The number of hydrogen-bond donors (Lipinski definition) is 1. The van der Waals surface area contributed by atoms with Crippen LogP contribution in [0.1, 0.15) is 24.8 Å². The molecule has 1 aliphatic heterocycles. The Morgan fingerprint density at radius 2 is 2.33 bits per heavy atom. The Morgan fingerprint density at radius 1 is 1.44 bits per heavy atom. The summed E-state index contributed by atoms with van der Waals surface area (Å²) in [6.07, 6.45) is 3.59. The summed E-state index contributed by atoms with van der Waals surface area (Å²) < 4.78 is 8.70. The van der Waals surface area contributed by atoms with Crippen molar-refractivity contribution < 1.29 is 9.53 Å². The number of carbonyl (C=O) groups excluding carboxylic acids is 1. The molecule has 0 saturated carbocycles. The monoisotopic (exact) mass is 385 g/mol. The van der Waals surface area contributed by atoms with Crippen LogP contribution in [0.25, 0.3) is 10.2 Å². The van der Waals surface area contributed by atoms with Gasteiger partial charge in [-0.2, -0.15) is 5.10 Å². The zero-order valence-electron chi connectivity index (χ0n) is 15.5. The quantitative estimate of drug-likeness (QED) is 0.745. The van der Waals surface area contributed by atoms with Crippen molar-refractivity contribution in [1.82, 2.24) is 19.7 Å². The van der Waals surface area contributed by atoms with Crippen molar-refractivity contribution >= 4 is 33.3 Å². The Bertz CT molecular complexity index is 921. The molecule has 3 heterocycles. The van der Waals surface area contributed by atoms with E-state index in [0.717, 1.165) is 20.9 Å². The molecule has 8 heteroatoms. The highest BCUT2D eigenvalue weighted by Crippen LogP contribution is 2.29. The minimum absolute atomic E-state index is 0.0537. The normalized spacial score (nSPS) is 17.6. The number of morpholine rings is 1. The molecule has 1 saturated heterocycles. The summed E-state index contributed by atoms with van der Waals surface area (Å²) in [5.41, 5.74) is 1.77. The molecule has 1 aliphatic rings. The van der Waals surface area contributed by atoms with Crippen LogP contribution in [-0.2, 0) is 11.3 Å². The lowest BCUT2D eigenvalue weighted by molar-refractivity contribution is -0.0219. The number of hydrogen-bond acceptors (Lipinski definition) is 5. The van der Waals surface area contributed by atoms with Crippen LogP contribution < -0.4 is 5.32 Å². The third-order valence-electron chi connectivity index (χ3n) is 4.53. The molecule has 1 aromatic carbocycles. The Kier molecular flexibility index (Phi) is 5.09. The number of aromatic nitrogens is 3. The maximum atomic E-state index is 12.7. The maximum absolute atomic E-state index is 12.7. The van der Waals surface area contributed by atoms with E-state index in [2.05, 4.69) is 29.2 Å². The van der Waals surface area contributed by atoms with E-state index in [1.165, 1.54) is 0 Å². The van der Waals surface area contributed by atoms with Crippen molar-refractivity contribution in [3.8, 4) is 0 Å². The number of benzene rings is 1. The van der Waals surface area contributed by atoms with Crippen molar-refractivity contribution in [1.29, 1.82) is 0 Å². The number of ether oxygens (including phenoxy) is 1. The zero-order valence-corrected chi connectivity index (χ0v) is 16.3.